The van der Waals surface area contributed by atoms with Gasteiger partial charge in [0.2, 0.25) is 5.91 Å². The minimum absolute atomic E-state index is 0.0861. The molecule has 1 fully saturated rings. The van der Waals surface area contributed by atoms with Crippen molar-refractivity contribution in [3.05, 3.63) is 105 Å². The highest BCUT2D eigenvalue weighted by atomic mass is 79.9. The number of nitrogens with one attached hydrogen (secondary N) is 1. The van der Waals surface area contributed by atoms with E-state index in [9.17, 15) is 14.9 Å². The molecule has 1 heterocycles. The van der Waals surface area contributed by atoms with Crippen molar-refractivity contribution in [1.82, 2.24) is 0 Å². The summed E-state index contributed by atoms with van der Waals surface area (Å²) in [7, 11) is 0. The van der Waals surface area contributed by atoms with Crippen molar-refractivity contribution in [1.29, 1.82) is 5.26 Å². The minimum Gasteiger partial charge on any atom is -0.321 e. The van der Waals surface area contributed by atoms with Gasteiger partial charge >= 0.3 is 0 Å². The van der Waals surface area contributed by atoms with Gasteiger partial charge in [0.15, 0.2) is 0 Å². The Balaban J connectivity index is 1.71. The summed E-state index contributed by atoms with van der Waals surface area (Å²) in [6.07, 6.45) is 0.488. The van der Waals surface area contributed by atoms with E-state index in [-0.39, 0.29) is 11.5 Å². The Morgan fingerprint density at radius 1 is 1.09 bits per heavy atom. The van der Waals surface area contributed by atoms with Crippen molar-refractivity contribution in [3.8, 4) is 6.07 Å². The number of aryl methyl sites for hydroxylation is 1. The number of nitrogens with zero attached hydrogens (tertiary/aromatic N) is 2. The third-order valence-electron chi connectivity index (χ3n) is 5.13. The molecule has 0 unspecified atom stereocenters. The molecule has 0 aromatic heterocycles. The Morgan fingerprint density at radius 3 is 2.48 bits per heavy atom. The minimum atomic E-state index is -0.538. The monoisotopic (exact) mass is 517 g/mol. The summed E-state index contributed by atoms with van der Waals surface area (Å²) in [4.78, 5) is 28.0. The third kappa shape index (κ3) is 5.19. The van der Waals surface area contributed by atoms with Crippen molar-refractivity contribution >= 4 is 50.9 Å². The Morgan fingerprint density at radius 2 is 1.82 bits per heavy atom. The van der Waals surface area contributed by atoms with Crippen LogP contribution in [0.2, 0.25) is 0 Å². The third-order valence-corrected chi connectivity index (χ3v) is 6.92. The second-order valence-electron chi connectivity index (χ2n) is 7.56. The van der Waals surface area contributed by atoms with Gasteiger partial charge in [-0.15, -0.1) is 0 Å². The summed E-state index contributed by atoms with van der Waals surface area (Å²) < 4.78 is 0.961. The van der Waals surface area contributed by atoms with Crippen LogP contribution in [0.25, 0.3) is 0 Å². The summed E-state index contributed by atoms with van der Waals surface area (Å²) in [5.74, 6) is -0.691. The molecule has 0 radical (unpaired) electrons. The molecule has 0 saturated carbocycles. The number of para-hydroxylation sites is 1. The normalized spacial score (nSPS) is 16.9. The largest absolute Gasteiger partial charge is 0.321 e. The first-order valence-electron chi connectivity index (χ1n) is 10.3. The number of anilines is 2. The van der Waals surface area contributed by atoms with E-state index in [1.165, 1.54) is 16.7 Å². The van der Waals surface area contributed by atoms with Crippen LogP contribution in [-0.4, -0.2) is 17.1 Å². The van der Waals surface area contributed by atoms with Gasteiger partial charge in [0, 0.05) is 15.8 Å². The zero-order chi connectivity index (χ0) is 23.4. The van der Waals surface area contributed by atoms with Crippen LogP contribution in [-0.2, 0) is 16.0 Å². The molecule has 0 bridgehead atoms. The molecule has 1 aliphatic heterocycles. The zero-order valence-electron chi connectivity index (χ0n) is 17.8. The molecule has 1 N–H and O–H groups in total. The maximum absolute atomic E-state index is 13.5. The number of amides is 2. The lowest BCUT2D eigenvalue weighted by Crippen LogP contribution is -2.30. The molecular formula is C26H20BrN3O2S. The average Bonchev–Trinajstić information content (AvgIpc) is 3.12. The van der Waals surface area contributed by atoms with Crippen LogP contribution in [0.5, 0.6) is 0 Å². The fourth-order valence-electron chi connectivity index (χ4n) is 3.55. The highest BCUT2D eigenvalue weighted by molar-refractivity contribution is 9.10. The fourth-order valence-corrected chi connectivity index (χ4v) is 5.12. The van der Waals surface area contributed by atoms with Gasteiger partial charge in [-0.25, -0.2) is 0 Å². The maximum Gasteiger partial charge on any atom is 0.269 e. The smallest absolute Gasteiger partial charge is 0.269 e. The molecule has 1 saturated heterocycles. The summed E-state index contributed by atoms with van der Waals surface area (Å²) in [6, 6.07) is 26.3. The highest BCUT2D eigenvalue weighted by Crippen LogP contribution is 2.42. The van der Waals surface area contributed by atoms with E-state index in [0.29, 0.717) is 22.8 Å². The first-order valence-corrected chi connectivity index (χ1v) is 12.0. The van der Waals surface area contributed by atoms with Gasteiger partial charge in [-0.3, -0.25) is 14.5 Å². The lowest BCUT2D eigenvalue weighted by molar-refractivity contribution is -0.117. The zero-order valence-corrected chi connectivity index (χ0v) is 20.2. The van der Waals surface area contributed by atoms with Gasteiger partial charge in [0.25, 0.3) is 5.91 Å². The molecule has 0 aliphatic carbocycles. The van der Waals surface area contributed by atoms with Gasteiger partial charge in [0.05, 0.1) is 5.25 Å². The summed E-state index contributed by atoms with van der Waals surface area (Å²) in [5.41, 5.74) is 3.13. The van der Waals surface area contributed by atoms with Crippen molar-refractivity contribution in [2.75, 3.05) is 10.2 Å². The van der Waals surface area contributed by atoms with Crippen molar-refractivity contribution in [3.63, 3.8) is 0 Å². The van der Waals surface area contributed by atoms with Gasteiger partial charge in [-0.2, -0.15) is 5.26 Å². The molecule has 164 valence electrons. The molecule has 1 atom stereocenters. The Kier molecular flexibility index (Phi) is 6.97. The molecule has 1 aliphatic rings. The predicted molar refractivity (Wildman–Crippen MR) is 136 cm³/mol. The highest BCUT2D eigenvalue weighted by Gasteiger charge is 2.40. The van der Waals surface area contributed by atoms with Crippen molar-refractivity contribution < 1.29 is 9.59 Å². The number of benzene rings is 3. The number of rotatable bonds is 5. The number of carbonyl (C=O) groups excluding carboxylic acids is 2. The van der Waals surface area contributed by atoms with Crippen molar-refractivity contribution in [2.24, 2.45) is 0 Å². The maximum atomic E-state index is 13.5. The summed E-state index contributed by atoms with van der Waals surface area (Å²) >= 11 is 4.68. The van der Waals surface area contributed by atoms with Gasteiger partial charge in [-0.1, -0.05) is 70.2 Å². The lowest BCUT2D eigenvalue weighted by Gasteiger charge is -2.18. The first-order chi connectivity index (χ1) is 16.0. The molecule has 0 spiro atoms. The van der Waals surface area contributed by atoms with E-state index in [2.05, 4.69) is 21.2 Å². The van der Waals surface area contributed by atoms with E-state index >= 15 is 0 Å². The van der Waals surface area contributed by atoms with E-state index in [0.717, 1.165) is 15.6 Å². The molecule has 4 rings (SSSR count). The van der Waals surface area contributed by atoms with Crippen LogP contribution in [0.1, 0.15) is 11.1 Å². The second kappa shape index (κ2) is 10.1. The summed E-state index contributed by atoms with van der Waals surface area (Å²) in [6.45, 7) is 1.93. The van der Waals surface area contributed by atoms with Crippen LogP contribution in [0.3, 0.4) is 0 Å². The van der Waals surface area contributed by atoms with Crippen LogP contribution >= 0.6 is 27.7 Å². The fraction of sp³-hybridized carbons (Fsp3) is 0.115. The number of hydrogen-bond donors (Lipinski definition) is 1. The number of hydrogen-bond acceptors (Lipinski definition) is 4. The van der Waals surface area contributed by atoms with Crippen LogP contribution < -0.4 is 10.2 Å². The van der Waals surface area contributed by atoms with Gasteiger partial charge in [0.1, 0.15) is 16.7 Å². The topological polar surface area (TPSA) is 73.2 Å². The molecule has 5 nitrogen and oxygen atoms in total. The van der Waals surface area contributed by atoms with Crippen LogP contribution in [0, 0.1) is 18.3 Å². The molecule has 7 heteroatoms. The van der Waals surface area contributed by atoms with E-state index in [1.807, 2.05) is 73.7 Å². The van der Waals surface area contributed by atoms with Gasteiger partial charge in [-0.05, 0) is 60.9 Å². The Labute approximate surface area is 205 Å². The van der Waals surface area contributed by atoms with E-state index in [4.69, 9.17) is 0 Å². The standard InChI is InChI=1S/C26H20BrN3O2S/c1-17-6-5-7-20(14-17)29-24(31)22(16-28)26-30(21-8-3-2-4-9-21)25(32)23(33-26)15-18-10-12-19(27)13-11-18/h2-14,23H,15H2,1H3,(H,29,31)/b26-22-/t23-/m1/s1. The van der Waals surface area contributed by atoms with E-state index < -0.39 is 11.2 Å². The van der Waals surface area contributed by atoms with Crippen LogP contribution in [0.15, 0.2) is 93.9 Å². The van der Waals surface area contributed by atoms with Crippen molar-refractivity contribution in [2.45, 2.75) is 18.6 Å². The second-order valence-corrected chi connectivity index (χ2v) is 9.67. The Bertz CT molecular complexity index is 1270. The van der Waals surface area contributed by atoms with E-state index in [1.54, 1.807) is 18.2 Å². The average molecular weight is 518 g/mol. The number of nitriles is 1. The van der Waals surface area contributed by atoms with Crippen LogP contribution in [0.4, 0.5) is 11.4 Å². The van der Waals surface area contributed by atoms with Gasteiger partial charge < -0.3 is 5.32 Å². The Hall–Kier alpha value is -3.34. The number of halogens is 1. The molecule has 3 aromatic rings. The number of thioether (sulfide) groups is 1. The molecule has 33 heavy (non-hydrogen) atoms. The number of carbonyl (C=O) groups is 2. The molecular weight excluding hydrogens is 498 g/mol. The first kappa shape index (κ1) is 22.8. The predicted octanol–water partition coefficient (Wildman–Crippen LogP) is 5.82. The quantitative estimate of drug-likeness (QED) is 0.341. The summed E-state index contributed by atoms with van der Waals surface area (Å²) in [5, 5.41) is 12.6. The molecule has 3 aromatic carbocycles. The SMILES string of the molecule is Cc1cccc(NC(=O)/C(C#N)=C2\S[C@H](Cc3ccc(Br)cc3)C(=O)N2c2ccccc2)c1. The lowest BCUT2D eigenvalue weighted by atomic mass is 10.1. The molecule has 2 amide bonds.